The quantitative estimate of drug-likeness (QED) is 0.816. The van der Waals surface area contributed by atoms with Gasteiger partial charge in [0.1, 0.15) is 0 Å². The normalized spacial score (nSPS) is 30.1. The SMILES string of the molecule is CCCCC1NC(C)N(CC2CCCCC2)C1=O. The molecule has 1 saturated heterocycles. The molecular formula is C15H28N2O. The first kappa shape index (κ1) is 13.9. The van der Waals surface area contributed by atoms with E-state index in [1.165, 1.54) is 38.5 Å². The molecule has 18 heavy (non-hydrogen) atoms. The first-order chi connectivity index (χ1) is 8.72. The number of carbonyl (C=O) groups is 1. The highest BCUT2D eigenvalue weighted by Gasteiger charge is 2.36. The van der Waals surface area contributed by atoms with Crippen LogP contribution in [-0.2, 0) is 4.79 Å². The molecular weight excluding hydrogens is 224 g/mol. The maximum atomic E-state index is 12.4. The van der Waals surface area contributed by atoms with Gasteiger partial charge in [-0.25, -0.2) is 0 Å². The van der Waals surface area contributed by atoms with Gasteiger partial charge in [-0.1, -0.05) is 39.0 Å². The van der Waals surface area contributed by atoms with Crippen molar-refractivity contribution in [2.75, 3.05) is 6.54 Å². The van der Waals surface area contributed by atoms with Gasteiger partial charge in [-0.15, -0.1) is 0 Å². The Morgan fingerprint density at radius 3 is 2.67 bits per heavy atom. The predicted molar refractivity (Wildman–Crippen MR) is 74.2 cm³/mol. The average molecular weight is 252 g/mol. The van der Waals surface area contributed by atoms with Gasteiger partial charge in [0.2, 0.25) is 5.91 Å². The van der Waals surface area contributed by atoms with E-state index in [0.717, 1.165) is 25.3 Å². The van der Waals surface area contributed by atoms with Crippen molar-refractivity contribution in [3.63, 3.8) is 0 Å². The minimum Gasteiger partial charge on any atom is -0.326 e. The van der Waals surface area contributed by atoms with Crippen LogP contribution in [0.1, 0.15) is 65.2 Å². The Labute approximate surface area is 111 Å². The molecule has 2 unspecified atom stereocenters. The Kier molecular flexibility index (Phi) is 5.04. The van der Waals surface area contributed by atoms with E-state index in [1.54, 1.807) is 0 Å². The molecule has 2 fully saturated rings. The summed E-state index contributed by atoms with van der Waals surface area (Å²) in [5, 5.41) is 3.45. The standard InChI is InChI=1S/C15H28N2O/c1-3-4-10-14-15(18)17(12(2)16-14)11-13-8-6-5-7-9-13/h12-14,16H,3-11H2,1-2H3. The molecule has 1 N–H and O–H groups in total. The minimum atomic E-state index is 0.0866. The van der Waals surface area contributed by atoms with Crippen molar-refractivity contribution in [2.45, 2.75) is 77.4 Å². The molecule has 2 aliphatic rings. The van der Waals surface area contributed by atoms with E-state index in [0.29, 0.717) is 5.91 Å². The number of nitrogens with zero attached hydrogens (tertiary/aromatic N) is 1. The second-order valence-corrected chi connectivity index (χ2v) is 6.03. The van der Waals surface area contributed by atoms with E-state index in [1.807, 2.05) is 0 Å². The molecule has 3 nitrogen and oxygen atoms in total. The lowest BCUT2D eigenvalue weighted by atomic mass is 9.89. The molecule has 2 rings (SSSR count). The molecule has 2 atom stereocenters. The highest BCUT2D eigenvalue weighted by molar-refractivity contribution is 5.84. The number of unbranched alkanes of at least 4 members (excludes halogenated alkanes) is 1. The number of nitrogens with one attached hydrogen (secondary N) is 1. The summed E-state index contributed by atoms with van der Waals surface area (Å²) in [6, 6.07) is 0.0866. The van der Waals surface area contributed by atoms with Gasteiger partial charge in [-0.3, -0.25) is 10.1 Å². The van der Waals surface area contributed by atoms with E-state index in [-0.39, 0.29) is 12.2 Å². The number of carbonyl (C=O) groups excluding carboxylic acids is 1. The van der Waals surface area contributed by atoms with Crippen molar-refractivity contribution in [2.24, 2.45) is 5.92 Å². The molecule has 1 amide bonds. The van der Waals surface area contributed by atoms with Gasteiger partial charge in [0.15, 0.2) is 0 Å². The highest BCUT2D eigenvalue weighted by atomic mass is 16.2. The zero-order valence-electron chi connectivity index (χ0n) is 12.0. The van der Waals surface area contributed by atoms with Gasteiger partial charge in [-0.2, -0.15) is 0 Å². The van der Waals surface area contributed by atoms with Crippen LogP contribution in [0, 0.1) is 5.92 Å². The Bertz CT molecular complexity index is 274. The summed E-state index contributed by atoms with van der Waals surface area (Å²) in [6.45, 7) is 5.30. The van der Waals surface area contributed by atoms with Crippen molar-refractivity contribution in [3.05, 3.63) is 0 Å². The van der Waals surface area contributed by atoms with Crippen LogP contribution in [0.25, 0.3) is 0 Å². The van der Waals surface area contributed by atoms with Gasteiger partial charge < -0.3 is 4.90 Å². The molecule has 3 heteroatoms. The molecule has 0 aromatic heterocycles. The van der Waals surface area contributed by atoms with Crippen molar-refractivity contribution in [1.29, 1.82) is 0 Å². The monoisotopic (exact) mass is 252 g/mol. The van der Waals surface area contributed by atoms with E-state index in [2.05, 4.69) is 24.1 Å². The zero-order valence-corrected chi connectivity index (χ0v) is 12.0. The highest BCUT2D eigenvalue weighted by Crippen LogP contribution is 2.26. The minimum absolute atomic E-state index is 0.0866. The third-order valence-electron chi connectivity index (χ3n) is 4.52. The molecule has 0 bridgehead atoms. The zero-order chi connectivity index (χ0) is 13.0. The molecule has 0 radical (unpaired) electrons. The smallest absolute Gasteiger partial charge is 0.241 e. The van der Waals surface area contributed by atoms with Crippen LogP contribution in [0.5, 0.6) is 0 Å². The van der Waals surface area contributed by atoms with E-state index in [9.17, 15) is 4.79 Å². The summed E-state index contributed by atoms with van der Waals surface area (Å²) in [5.74, 6) is 1.10. The van der Waals surface area contributed by atoms with E-state index in [4.69, 9.17) is 0 Å². The third kappa shape index (κ3) is 3.25. The predicted octanol–water partition coefficient (Wildman–Crippen LogP) is 2.90. The van der Waals surface area contributed by atoms with Crippen molar-refractivity contribution in [3.8, 4) is 0 Å². The van der Waals surface area contributed by atoms with Gasteiger partial charge >= 0.3 is 0 Å². The fraction of sp³-hybridized carbons (Fsp3) is 0.933. The number of rotatable bonds is 5. The first-order valence-electron chi connectivity index (χ1n) is 7.79. The van der Waals surface area contributed by atoms with Gasteiger partial charge in [-0.05, 0) is 32.1 Å². The summed E-state index contributed by atoms with van der Waals surface area (Å²) in [5.41, 5.74) is 0. The van der Waals surface area contributed by atoms with Crippen LogP contribution in [0.2, 0.25) is 0 Å². The molecule has 1 aliphatic heterocycles. The third-order valence-corrected chi connectivity index (χ3v) is 4.52. The van der Waals surface area contributed by atoms with Gasteiger partial charge in [0.05, 0.1) is 12.2 Å². The molecule has 0 aromatic rings. The summed E-state index contributed by atoms with van der Waals surface area (Å²) in [4.78, 5) is 14.5. The first-order valence-corrected chi connectivity index (χ1v) is 7.79. The van der Waals surface area contributed by atoms with Gasteiger partial charge in [0, 0.05) is 6.54 Å². The average Bonchev–Trinajstić information content (AvgIpc) is 2.65. The van der Waals surface area contributed by atoms with Crippen molar-refractivity contribution in [1.82, 2.24) is 10.2 Å². The van der Waals surface area contributed by atoms with Crippen LogP contribution >= 0.6 is 0 Å². The Balaban J connectivity index is 1.85. The Hall–Kier alpha value is -0.570. The number of hydrogen-bond acceptors (Lipinski definition) is 2. The molecule has 1 saturated carbocycles. The lowest BCUT2D eigenvalue weighted by Gasteiger charge is -2.29. The number of hydrogen-bond donors (Lipinski definition) is 1. The second-order valence-electron chi connectivity index (χ2n) is 6.03. The molecule has 0 spiro atoms. The second kappa shape index (κ2) is 6.55. The molecule has 104 valence electrons. The maximum Gasteiger partial charge on any atom is 0.241 e. The molecule has 1 heterocycles. The van der Waals surface area contributed by atoms with Crippen LogP contribution in [0.15, 0.2) is 0 Å². The van der Waals surface area contributed by atoms with Crippen LogP contribution in [-0.4, -0.2) is 29.6 Å². The Morgan fingerprint density at radius 1 is 1.28 bits per heavy atom. The largest absolute Gasteiger partial charge is 0.326 e. The van der Waals surface area contributed by atoms with Crippen LogP contribution < -0.4 is 5.32 Å². The fourth-order valence-electron chi connectivity index (χ4n) is 3.35. The van der Waals surface area contributed by atoms with Crippen molar-refractivity contribution < 1.29 is 4.79 Å². The summed E-state index contributed by atoms with van der Waals surface area (Å²) in [7, 11) is 0. The van der Waals surface area contributed by atoms with Crippen LogP contribution in [0.3, 0.4) is 0 Å². The van der Waals surface area contributed by atoms with Crippen molar-refractivity contribution >= 4 is 5.91 Å². The fourth-order valence-corrected chi connectivity index (χ4v) is 3.35. The topological polar surface area (TPSA) is 32.3 Å². The van der Waals surface area contributed by atoms with Crippen LogP contribution in [0.4, 0.5) is 0 Å². The van der Waals surface area contributed by atoms with Gasteiger partial charge in [0.25, 0.3) is 0 Å². The maximum absolute atomic E-state index is 12.4. The summed E-state index contributed by atoms with van der Waals surface area (Å²) >= 11 is 0. The molecule has 0 aromatic carbocycles. The summed E-state index contributed by atoms with van der Waals surface area (Å²) in [6.07, 6.45) is 10.3. The summed E-state index contributed by atoms with van der Waals surface area (Å²) < 4.78 is 0. The Morgan fingerprint density at radius 2 is 2.00 bits per heavy atom. The molecule has 1 aliphatic carbocycles. The lowest BCUT2D eigenvalue weighted by Crippen LogP contribution is -2.38. The van der Waals surface area contributed by atoms with E-state index < -0.39 is 0 Å². The lowest BCUT2D eigenvalue weighted by molar-refractivity contribution is -0.130. The van der Waals surface area contributed by atoms with E-state index >= 15 is 0 Å². The number of amides is 1.